The van der Waals surface area contributed by atoms with E-state index in [-0.39, 0.29) is 0 Å². The lowest BCUT2D eigenvalue weighted by Gasteiger charge is -2.37. The van der Waals surface area contributed by atoms with Crippen molar-refractivity contribution in [3.63, 3.8) is 0 Å². The lowest BCUT2D eigenvalue weighted by molar-refractivity contribution is 0.101. The molecule has 0 amide bonds. The Labute approximate surface area is 179 Å². The number of halogens is 1. The van der Waals surface area contributed by atoms with Gasteiger partial charge in [-0.05, 0) is 68.3 Å². The number of piperidine rings is 1. The van der Waals surface area contributed by atoms with Gasteiger partial charge in [0.05, 0.1) is 18.6 Å². The molecule has 0 saturated carbocycles. The van der Waals surface area contributed by atoms with Gasteiger partial charge < -0.3 is 4.74 Å². The molecular weight excluding hydrogens is 408 g/mol. The summed E-state index contributed by atoms with van der Waals surface area (Å²) in [6.45, 7) is 4.95. The van der Waals surface area contributed by atoms with Crippen molar-refractivity contribution in [1.29, 1.82) is 0 Å². The van der Waals surface area contributed by atoms with E-state index in [0.29, 0.717) is 24.3 Å². The third kappa shape index (κ3) is 5.87. The standard InChI is InChI=1S/C22H29ClN2O3S/c1-17(19-7-4-8-20(23)14-19)25-13-5-6-18(15-25)16-28-22-11-9-21(10-12-22)24(2)29(3,26)27/h4,7-12,14,17-18H,5-6,13,15-16H2,1-3H3. The van der Waals surface area contributed by atoms with Crippen molar-refractivity contribution in [2.75, 3.05) is 37.3 Å². The Morgan fingerprint density at radius 1 is 1.24 bits per heavy atom. The van der Waals surface area contributed by atoms with E-state index >= 15 is 0 Å². The minimum atomic E-state index is -3.26. The van der Waals surface area contributed by atoms with Crippen LogP contribution >= 0.6 is 11.6 Å². The molecule has 5 nitrogen and oxygen atoms in total. The molecule has 1 aliphatic rings. The van der Waals surface area contributed by atoms with Crippen LogP contribution in [0.3, 0.4) is 0 Å². The molecular formula is C22H29ClN2O3S. The number of hydrogen-bond donors (Lipinski definition) is 0. The molecule has 29 heavy (non-hydrogen) atoms. The molecule has 158 valence electrons. The first-order valence-corrected chi connectivity index (χ1v) is 12.1. The van der Waals surface area contributed by atoms with Crippen LogP contribution in [0.5, 0.6) is 5.75 Å². The molecule has 1 heterocycles. The van der Waals surface area contributed by atoms with Crippen LogP contribution in [0.4, 0.5) is 5.69 Å². The fraction of sp³-hybridized carbons (Fsp3) is 0.455. The molecule has 2 unspecified atom stereocenters. The Hall–Kier alpha value is -1.76. The van der Waals surface area contributed by atoms with Gasteiger partial charge in [0.15, 0.2) is 0 Å². The smallest absolute Gasteiger partial charge is 0.231 e. The molecule has 1 fully saturated rings. The van der Waals surface area contributed by atoms with Crippen LogP contribution in [-0.4, -0.2) is 46.3 Å². The van der Waals surface area contributed by atoms with Gasteiger partial charge in [0, 0.05) is 30.6 Å². The SMILES string of the molecule is CC(c1cccc(Cl)c1)N1CCCC(COc2ccc(N(C)S(C)(=O)=O)cc2)C1. The Kier molecular flexibility index (Phi) is 7.09. The normalized spacial score (nSPS) is 19.0. The number of likely N-dealkylation sites (tertiary alicyclic amines) is 1. The summed E-state index contributed by atoms with van der Waals surface area (Å²) in [5, 5.41) is 0.774. The summed E-state index contributed by atoms with van der Waals surface area (Å²) in [5.41, 5.74) is 1.86. The molecule has 7 heteroatoms. The fourth-order valence-electron chi connectivity index (χ4n) is 3.72. The van der Waals surface area contributed by atoms with Crippen LogP contribution < -0.4 is 9.04 Å². The summed E-state index contributed by atoms with van der Waals surface area (Å²) >= 11 is 6.15. The Morgan fingerprint density at radius 2 is 1.97 bits per heavy atom. The minimum Gasteiger partial charge on any atom is -0.493 e. The van der Waals surface area contributed by atoms with E-state index in [1.54, 1.807) is 19.2 Å². The molecule has 0 spiro atoms. The molecule has 3 rings (SSSR count). The maximum Gasteiger partial charge on any atom is 0.231 e. The molecule has 0 bridgehead atoms. The predicted octanol–water partition coefficient (Wildman–Crippen LogP) is 4.59. The monoisotopic (exact) mass is 436 g/mol. The van der Waals surface area contributed by atoms with Crippen LogP contribution in [0.1, 0.15) is 31.4 Å². The van der Waals surface area contributed by atoms with E-state index in [4.69, 9.17) is 16.3 Å². The van der Waals surface area contributed by atoms with Gasteiger partial charge in [0.1, 0.15) is 5.75 Å². The van der Waals surface area contributed by atoms with Crippen molar-refractivity contribution in [3.05, 3.63) is 59.1 Å². The highest BCUT2D eigenvalue weighted by Crippen LogP contribution is 2.28. The van der Waals surface area contributed by atoms with Crippen molar-refractivity contribution in [3.8, 4) is 5.75 Å². The lowest BCUT2D eigenvalue weighted by atomic mass is 9.96. The highest BCUT2D eigenvalue weighted by atomic mass is 35.5. The van der Waals surface area contributed by atoms with Gasteiger partial charge in [-0.15, -0.1) is 0 Å². The quantitative estimate of drug-likeness (QED) is 0.637. The Morgan fingerprint density at radius 3 is 2.62 bits per heavy atom. The molecule has 1 aliphatic heterocycles. The van der Waals surface area contributed by atoms with Gasteiger partial charge in [0.25, 0.3) is 0 Å². The number of benzene rings is 2. The maximum absolute atomic E-state index is 11.6. The van der Waals surface area contributed by atoms with Crippen LogP contribution in [0, 0.1) is 5.92 Å². The van der Waals surface area contributed by atoms with Gasteiger partial charge in [-0.3, -0.25) is 9.21 Å². The van der Waals surface area contributed by atoms with Crippen LogP contribution in [-0.2, 0) is 10.0 Å². The van der Waals surface area contributed by atoms with E-state index in [2.05, 4.69) is 17.9 Å². The first kappa shape index (κ1) is 21.9. The number of nitrogens with zero attached hydrogens (tertiary/aromatic N) is 2. The molecule has 0 radical (unpaired) electrons. The average molecular weight is 437 g/mol. The van der Waals surface area contributed by atoms with Gasteiger partial charge in [-0.1, -0.05) is 23.7 Å². The second kappa shape index (κ2) is 9.37. The number of hydrogen-bond acceptors (Lipinski definition) is 4. The minimum absolute atomic E-state index is 0.322. The lowest BCUT2D eigenvalue weighted by Crippen LogP contribution is -2.39. The van der Waals surface area contributed by atoms with Gasteiger partial charge in [-0.25, -0.2) is 8.42 Å². The zero-order valence-corrected chi connectivity index (χ0v) is 18.8. The van der Waals surface area contributed by atoms with Gasteiger partial charge in [0.2, 0.25) is 10.0 Å². The summed E-state index contributed by atoms with van der Waals surface area (Å²) < 4.78 is 30.5. The second-order valence-electron chi connectivity index (χ2n) is 7.77. The highest BCUT2D eigenvalue weighted by molar-refractivity contribution is 7.92. The third-order valence-corrected chi connectivity index (χ3v) is 7.05. The number of ether oxygens (including phenoxy) is 1. The van der Waals surface area contributed by atoms with Crippen LogP contribution in [0.2, 0.25) is 5.02 Å². The molecule has 0 aromatic heterocycles. The maximum atomic E-state index is 11.6. The molecule has 2 atom stereocenters. The molecule has 1 saturated heterocycles. The summed E-state index contributed by atoms with van der Waals surface area (Å²) in [5.74, 6) is 1.22. The predicted molar refractivity (Wildman–Crippen MR) is 119 cm³/mol. The number of anilines is 1. The van der Waals surface area contributed by atoms with E-state index < -0.39 is 10.0 Å². The average Bonchev–Trinajstić information content (AvgIpc) is 2.71. The number of sulfonamides is 1. The zero-order chi connectivity index (χ0) is 21.0. The molecule has 0 aliphatic carbocycles. The Bertz CT molecular complexity index is 918. The molecule has 2 aromatic rings. The van der Waals surface area contributed by atoms with Crippen molar-refractivity contribution in [1.82, 2.24) is 4.90 Å². The first-order chi connectivity index (χ1) is 13.7. The van der Waals surface area contributed by atoms with Crippen molar-refractivity contribution in [2.45, 2.75) is 25.8 Å². The van der Waals surface area contributed by atoms with Gasteiger partial charge in [-0.2, -0.15) is 0 Å². The zero-order valence-electron chi connectivity index (χ0n) is 17.2. The summed E-state index contributed by atoms with van der Waals surface area (Å²) in [7, 11) is -1.71. The third-order valence-electron chi connectivity index (χ3n) is 5.61. The van der Waals surface area contributed by atoms with E-state index in [0.717, 1.165) is 36.7 Å². The summed E-state index contributed by atoms with van der Waals surface area (Å²) in [4.78, 5) is 2.49. The summed E-state index contributed by atoms with van der Waals surface area (Å²) in [6, 6.07) is 15.6. The van der Waals surface area contributed by atoms with Gasteiger partial charge >= 0.3 is 0 Å². The molecule has 2 aromatic carbocycles. The van der Waals surface area contributed by atoms with E-state index in [1.165, 1.54) is 16.1 Å². The van der Waals surface area contributed by atoms with Crippen molar-refractivity contribution >= 4 is 27.3 Å². The summed E-state index contributed by atoms with van der Waals surface area (Å²) in [6.07, 6.45) is 3.49. The Balaban J connectivity index is 1.56. The largest absolute Gasteiger partial charge is 0.493 e. The molecule has 0 N–H and O–H groups in total. The van der Waals surface area contributed by atoms with Crippen molar-refractivity contribution < 1.29 is 13.2 Å². The second-order valence-corrected chi connectivity index (χ2v) is 10.2. The van der Waals surface area contributed by atoms with Crippen LogP contribution in [0.15, 0.2) is 48.5 Å². The van der Waals surface area contributed by atoms with Crippen molar-refractivity contribution in [2.24, 2.45) is 5.92 Å². The number of rotatable bonds is 7. The first-order valence-electron chi connectivity index (χ1n) is 9.90. The fourth-order valence-corrected chi connectivity index (χ4v) is 4.42. The highest BCUT2D eigenvalue weighted by Gasteiger charge is 2.25. The van der Waals surface area contributed by atoms with E-state index in [1.807, 2.05) is 30.3 Å². The van der Waals surface area contributed by atoms with Crippen LogP contribution in [0.25, 0.3) is 0 Å². The topological polar surface area (TPSA) is 49.9 Å². The van der Waals surface area contributed by atoms with E-state index in [9.17, 15) is 8.42 Å².